The molecule has 4 aromatic rings. The summed E-state index contributed by atoms with van der Waals surface area (Å²) >= 11 is 0. The van der Waals surface area contributed by atoms with Gasteiger partial charge in [0.05, 0.1) is 48.3 Å². The highest BCUT2D eigenvalue weighted by Gasteiger charge is 2.43. The molecule has 2 fully saturated rings. The number of amides is 1. The molecule has 0 saturated heterocycles. The largest absolute Gasteiger partial charge is 0.496 e. The van der Waals surface area contributed by atoms with Crippen molar-refractivity contribution in [3.63, 3.8) is 0 Å². The molecule has 13 heteroatoms. The lowest BCUT2D eigenvalue weighted by Crippen LogP contribution is -2.37. The molecule has 2 saturated carbocycles. The Morgan fingerprint density at radius 1 is 1.16 bits per heavy atom. The number of ether oxygens (including phenoxy) is 2. The molecule has 2 N–H and O–H groups in total. The summed E-state index contributed by atoms with van der Waals surface area (Å²) < 4.78 is 54.6. The van der Waals surface area contributed by atoms with Crippen LogP contribution < -0.4 is 14.8 Å². The highest BCUT2D eigenvalue weighted by molar-refractivity contribution is 6.03. The summed E-state index contributed by atoms with van der Waals surface area (Å²) in [6, 6.07) is 8.46. The number of methoxy groups -OCH3 is 1. The van der Waals surface area contributed by atoms with Crippen molar-refractivity contribution < 1.29 is 32.5 Å². The molecule has 0 aliphatic heterocycles. The number of halogens is 3. The van der Waals surface area contributed by atoms with Crippen molar-refractivity contribution in [2.24, 2.45) is 7.05 Å². The molecule has 2 aromatic heterocycles. The van der Waals surface area contributed by atoms with E-state index in [1.165, 1.54) is 23.9 Å². The van der Waals surface area contributed by atoms with Crippen LogP contribution in [-0.4, -0.2) is 62.1 Å². The normalized spacial score (nSPS) is 16.4. The van der Waals surface area contributed by atoms with Crippen LogP contribution in [0.5, 0.6) is 11.5 Å². The number of carbonyl (C=O) groups excluding carboxylic acids is 1. The Kier molecular flexibility index (Phi) is 7.49. The molecule has 1 amide bonds. The molecular weight excluding hydrogens is 577 g/mol. The molecule has 0 spiro atoms. The summed E-state index contributed by atoms with van der Waals surface area (Å²) in [4.78, 5) is 13.0. The molecular formula is C31H31F3N6O4. The summed E-state index contributed by atoms with van der Waals surface area (Å²) in [6.07, 6.45) is 7.39. The average Bonchev–Trinajstić information content (AvgIpc) is 3.36. The summed E-state index contributed by atoms with van der Waals surface area (Å²) in [6.45, 7) is -2.95. The minimum atomic E-state index is -3.25. The van der Waals surface area contributed by atoms with Crippen LogP contribution in [0.4, 0.5) is 13.2 Å². The third-order valence-electron chi connectivity index (χ3n) is 8.47. The molecule has 0 radical (unpaired) electrons. The van der Waals surface area contributed by atoms with Crippen molar-refractivity contribution in [1.82, 2.24) is 24.9 Å². The lowest BCUT2D eigenvalue weighted by atomic mass is 9.78. The first-order valence-electron chi connectivity index (χ1n) is 14.3. The number of hydrogen-bond acceptors (Lipinski definition) is 7. The molecule has 10 nitrogen and oxygen atoms in total. The van der Waals surface area contributed by atoms with Gasteiger partial charge in [-0.3, -0.25) is 14.2 Å². The number of rotatable bonds is 11. The van der Waals surface area contributed by atoms with E-state index < -0.39 is 29.5 Å². The van der Waals surface area contributed by atoms with Gasteiger partial charge in [0.1, 0.15) is 22.7 Å². The number of aliphatic hydroxyl groups is 1. The van der Waals surface area contributed by atoms with Crippen molar-refractivity contribution in [1.29, 1.82) is 5.26 Å². The number of aromatic nitrogens is 4. The molecule has 0 bridgehead atoms. The predicted molar refractivity (Wildman–Crippen MR) is 154 cm³/mol. The zero-order valence-electron chi connectivity index (χ0n) is 24.2. The number of carbonyl (C=O) groups is 1. The zero-order valence-corrected chi connectivity index (χ0v) is 24.2. The fourth-order valence-corrected chi connectivity index (χ4v) is 5.65. The van der Waals surface area contributed by atoms with Gasteiger partial charge in [0.15, 0.2) is 0 Å². The van der Waals surface area contributed by atoms with Gasteiger partial charge in [0, 0.05) is 36.3 Å². The van der Waals surface area contributed by atoms with Crippen LogP contribution in [0.25, 0.3) is 33.3 Å². The number of nitrogens with one attached hydrogen (secondary N) is 1. The van der Waals surface area contributed by atoms with Crippen LogP contribution in [0.1, 0.15) is 54.4 Å². The Balaban J connectivity index is 1.38. The van der Waals surface area contributed by atoms with Gasteiger partial charge in [0.2, 0.25) is 0 Å². The molecule has 2 aliphatic carbocycles. The second-order valence-electron chi connectivity index (χ2n) is 11.6. The lowest BCUT2D eigenvalue weighted by Gasteiger charge is -2.36. The van der Waals surface area contributed by atoms with Crippen LogP contribution >= 0.6 is 0 Å². The van der Waals surface area contributed by atoms with Crippen molar-refractivity contribution in [2.75, 3.05) is 13.7 Å². The van der Waals surface area contributed by atoms with Crippen molar-refractivity contribution >= 4 is 16.8 Å². The summed E-state index contributed by atoms with van der Waals surface area (Å²) in [5.41, 5.74) is 0.548. The number of alkyl halides is 3. The molecule has 230 valence electrons. The SMILES string of the molecule is COc1cc(-c2c3c(C#N)cc(-c4cnn(CCC5(O)CCC5)c4)cc3nn2C)cc(OC(F)F)c1C(=O)NCC1(F)CC1. The van der Waals surface area contributed by atoms with E-state index in [4.69, 9.17) is 9.47 Å². The molecule has 2 heterocycles. The van der Waals surface area contributed by atoms with Crippen molar-refractivity contribution in [3.05, 3.63) is 47.8 Å². The molecule has 44 heavy (non-hydrogen) atoms. The predicted octanol–water partition coefficient (Wildman–Crippen LogP) is 5.12. The molecule has 6 rings (SSSR count). The third-order valence-corrected chi connectivity index (χ3v) is 8.47. The zero-order chi connectivity index (χ0) is 31.2. The van der Waals surface area contributed by atoms with Crippen molar-refractivity contribution in [2.45, 2.75) is 63.0 Å². The van der Waals surface area contributed by atoms with E-state index in [2.05, 4.69) is 21.6 Å². The van der Waals surface area contributed by atoms with Gasteiger partial charge in [0.25, 0.3) is 5.91 Å². The van der Waals surface area contributed by atoms with Gasteiger partial charge in [-0.05, 0) is 68.4 Å². The first-order chi connectivity index (χ1) is 21.0. The van der Waals surface area contributed by atoms with E-state index in [1.54, 1.807) is 30.1 Å². The molecule has 0 unspecified atom stereocenters. The summed E-state index contributed by atoms with van der Waals surface area (Å²) in [5.74, 6) is -1.34. The first-order valence-corrected chi connectivity index (χ1v) is 14.3. The number of nitriles is 1. The standard InChI is InChI=1S/C31H31F3N6O4/c1-39-27(19-12-23(43-2)26(24(13-19)44-29(32)33)28(41)36-17-30(34)6-7-30)25-20(14-35)10-18(11-22(25)38-39)21-15-37-40(16-21)9-8-31(42)4-3-5-31/h10-13,15-16,29,42H,3-9,17H2,1-2H3,(H,36,41). The number of hydrogen-bond donors (Lipinski definition) is 2. The van der Waals surface area contributed by atoms with Crippen LogP contribution in [0.2, 0.25) is 0 Å². The maximum Gasteiger partial charge on any atom is 0.387 e. The fraction of sp³-hybridized carbons (Fsp3) is 0.419. The summed E-state index contributed by atoms with van der Waals surface area (Å²) in [5, 5.41) is 32.5. The van der Waals surface area contributed by atoms with Gasteiger partial charge in [-0.2, -0.15) is 24.2 Å². The minimum Gasteiger partial charge on any atom is -0.496 e. The van der Waals surface area contributed by atoms with Gasteiger partial charge < -0.3 is 19.9 Å². The monoisotopic (exact) mass is 608 g/mol. The Labute approximate surface area is 251 Å². The number of nitrogens with zero attached hydrogens (tertiary/aromatic N) is 5. The van der Waals surface area contributed by atoms with Gasteiger partial charge >= 0.3 is 6.61 Å². The van der Waals surface area contributed by atoms with E-state index in [1.807, 2.05) is 6.20 Å². The molecule has 0 atom stereocenters. The van der Waals surface area contributed by atoms with E-state index >= 15 is 0 Å². The highest BCUT2D eigenvalue weighted by Crippen LogP contribution is 2.42. The highest BCUT2D eigenvalue weighted by atomic mass is 19.3. The number of fused-ring (bicyclic) bond motifs is 1. The number of benzene rings is 2. The Morgan fingerprint density at radius 2 is 1.91 bits per heavy atom. The second kappa shape index (κ2) is 11.2. The van der Waals surface area contributed by atoms with Crippen molar-refractivity contribution in [3.8, 4) is 40.0 Å². The second-order valence-corrected chi connectivity index (χ2v) is 11.6. The van der Waals surface area contributed by atoms with Crippen LogP contribution in [0.3, 0.4) is 0 Å². The minimum absolute atomic E-state index is 0.0668. The van der Waals surface area contributed by atoms with E-state index in [9.17, 15) is 28.3 Å². The van der Waals surface area contributed by atoms with Crippen LogP contribution in [0, 0.1) is 11.3 Å². The quantitative estimate of drug-likeness (QED) is 0.242. The fourth-order valence-electron chi connectivity index (χ4n) is 5.65. The number of aryl methyl sites for hydroxylation is 2. The van der Waals surface area contributed by atoms with Gasteiger partial charge in [-0.1, -0.05) is 0 Å². The Morgan fingerprint density at radius 3 is 2.55 bits per heavy atom. The molecule has 2 aliphatic rings. The maximum atomic E-state index is 14.2. The van der Waals surface area contributed by atoms with E-state index in [0.29, 0.717) is 53.5 Å². The molecule has 2 aromatic carbocycles. The smallest absolute Gasteiger partial charge is 0.387 e. The van der Waals surface area contributed by atoms with Crippen LogP contribution in [0.15, 0.2) is 36.7 Å². The van der Waals surface area contributed by atoms with Crippen LogP contribution in [-0.2, 0) is 13.6 Å². The average molecular weight is 609 g/mol. The Bertz CT molecular complexity index is 1780. The van der Waals surface area contributed by atoms with Gasteiger partial charge in [-0.25, -0.2) is 4.39 Å². The lowest BCUT2D eigenvalue weighted by molar-refractivity contribution is -0.0502. The topological polar surface area (TPSA) is 127 Å². The maximum absolute atomic E-state index is 14.2. The Hall–Kier alpha value is -4.57. The third kappa shape index (κ3) is 5.69. The van der Waals surface area contributed by atoms with E-state index in [-0.39, 0.29) is 23.4 Å². The van der Waals surface area contributed by atoms with E-state index in [0.717, 1.165) is 24.8 Å². The summed E-state index contributed by atoms with van der Waals surface area (Å²) in [7, 11) is 2.93. The first kappa shape index (κ1) is 29.5. The van der Waals surface area contributed by atoms with Gasteiger partial charge in [-0.15, -0.1) is 0 Å².